The fourth-order valence-electron chi connectivity index (χ4n) is 3.94. The summed E-state index contributed by atoms with van der Waals surface area (Å²) in [6.45, 7) is 3.51. The van der Waals surface area contributed by atoms with Crippen molar-refractivity contribution in [1.29, 1.82) is 0 Å². The fourth-order valence-corrected chi connectivity index (χ4v) is 3.94. The summed E-state index contributed by atoms with van der Waals surface area (Å²) in [5.41, 5.74) is 6.59. The van der Waals surface area contributed by atoms with E-state index < -0.39 is 18.0 Å². The highest BCUT2D eigenvalue weighted by molar-refractivity contribution is 5.99. The zero-order chi connectivity index (χ0) is 25.8. The van der Waals surface area contributed by atoms with E-state index in [2.05, 4.69) is 5.32 Å². The predicted molar refractivity (Wildman–Crippen MR) is 145 cm³/mol. The van der Waals surface area contributed by atoms with E-state index >= 15 is 0 Å². The van der Waals surface area contributed by atoms with Gasteiger partial charge in [0.2, 0.25) is 0 Å². The van der Waals surface area contributed by atoms with E-state index in [9.17, 15) is 9.59 Å². The number of nitrogens with one attached hydrogen (secondary N) is 1. The number of aromatic nitrogens is 2. The van der Waals surface area contributed by atoms with Crippen LogP contribution in [0.1, 0.15) is 22.8 Å². The van der Waals surface area contributed by atoms with Crippen LogP contribution in [0.5, 0.6) is 0 Å². The molecule has 4 aromatic carbocycles. The molecule has 5 rings (SSSR count). The second-order valence-corrected chi connectivity index (χ2v) is 8.76. The quantitative estimate of drug-likeness (QED) is 0.278. The minimum atomic E-state index is -0.976. The van der Waals surface area contributed by atoms with Crippen LogP contribution in [0, 0.1) is 6.92 Å². The van der Waals surface area contributed by atoms with E-state index in [1.54, 1.807) is 37.3 Å². The van der Waals surface area contributed by atoms with Crippen molar-refractivity contribution >= 4 is 28.6 Å². The number of nitrogens with zero attached hydrogens (tertiary/aromatic N) is 2. The Balaban J connectivity index is 1.42. The monoisotopic (exact) mass is 487 g/mol. The lowest BCUT2D eigenvalue weighted by molar-refractivity contribution is -0.123. The molecule has 1 atom stereocenters. The number of aryl methyl sites for hydroxylation is 1. The molecule has 1 aromatic heterocycles. The molecule has 1 N–H and O–H groups in total. The van der Waals surface area contributed by atoms with Crippen molar-refractivity contribution in [3.05, 3.63) is 114 Å². The maximum Gasteiger partial charge on any atom is 0.338 e. The van der Waals surface area contributed by atoms with Crippen LogP contribution in [-0.2, 0) is 9.53 Å². The summed E-state index contributed by atoms with van der Waals surface area (Å²) >= 11 is 0. The van der Waals surface area contributed by atoms with Crippen LogP contribution in [0.25, 0.3) is 33.5 Å². The maximum absolute atomic E-state index is 12.9. The Morgan fingerprint density at radius 2 is 1.30 bits per heavy atom. The maximum atomic E-state index is 12.9. The highest BCUT2D eigenvalue weighted by Gasteiger charge is 2.20. The number of esters is 1. The molecule has 0 bridgehead atoms. The van der Waals surface area contributed by atoms with Crippen molar-refractivity contribution in [3.8, 4) is 22.5 Å². The molecule has 37 heavy (non-hydrogen) atoms. The molecule has 1 amide bonds. The van der Waals surface area contributed by atoms with Crippen LogP contribution in [0.15, 0.2) is 103 Å². The van der Waals surface area contributed by atoms with Gasteiger partial charge in [-0.1, -0.05) is 78.4 Å². The Labute approximate surface area is 215 Å². The SMILES string of the molecule is Cc1ccc(NC(=O)C(C)OC(=O)c2ccc3nc(-c4ccccc4)c(-c4ccccc4)nc3c2)cc1. The molecule has 0 aliphatic carbocycles. The number of hydrogen-bond donors (Lipinski definition) is 1. The first kappa shape index (κ1) is 23.9. The summed E-state index contributed by atoms with van der Waals surface area (Å²) < 4.78 is 5.45. The Hall–Kier alpha value is -4.84. The third-order valence-electron chi connectivity index (χ3n) is 5.97. The largest absolute Gasteiger partial charge is 0.449 e. The molecule has 0 aliphatic rings. The number of benzene rings is 4. The number of rotatable bonds is 6. The second-order valence-electron chi connectivity index (χ2n) is 8.76. The molecular weight excluding hydrogens is 462 g/mol. The molecule has 0 spiro atoms. The van der Waals surface area contributed by atoms with Gasteiger partial charge in [-0.05, 0) is 44.2 Å². The standard InChI is InChI=1S/C31H25N3O3/c1-20-13-16-25(17-14-20)32-30(35)21(2)37-31(36)24-15-18-26-27(19-24)34-29(23-11-7-4-8-12-23)28(33-26)22-9-5-3-6-10-22/h3-19,21H,1-2H3,(H,32,35). The Bertz CT molecular complexity index is 1570. The summed E-state index contributed by atoms with van der Waals surface area (Å²) in [7, 11) is 0. The zero-order valence-electron chi connectivity index (χ0n) is 20.5. The average Bonchev–Trinajstić information content (AvgIpc) is 2.94. The highest BCUT2D eigenvalue weighted by Crippen LogP contribution is 2.31. The van der Waals surface area contributed by atoms with Crippen molar-refractivity contribution in [2.75, 3.05) is 5.32 Å². The van der Waals surface area contributed by atoms with Crippen molar-refractivity contribution in [2.45, 2.75) is 20.0 Å². The number of amides is 1. The van der Waals surface area contributed by atoms with Gasteiger partial charge in [0.25, 0.3) is 5.91 Å². The van der Waals surface area contributed by atoms with Gasteiger partial charge in [-0.25, -0.2) is 14.8 Å². The molecule has 0 saturated heterocycles. The number of hydrogen-bond acceptors (Lipinski definition) is 5. The van der Waals surface area contributed by atoms with Gasteiger partial charge in [0.05, 0.1) is 28.0 Å². The zero-order valence-corrected chi connectivity index (χ0v) is 20.5. The van der Waals surface area contributed by atoms with Gasteiger partial charge < -0.3 is 10.1 Å². The fraction of sp³-hybridized carbons (Fsp3) is 0.0968. The van der Waals surface area contributed by atoms with E-state index in [1.807, 2.05) is 79.7 Å². The molecule has 6 nitrogen and oxygen atoms in total. The molecule has 0 fully saturated rings. The number of carbonyl (C=O) groups excluding carboxylic acids is 2. The second kappa shape index (κ2) is 10.4. The summed E-state index contributed by atoms with van der Waals surface area (Å²) in [6.07, 6.45) is -0.976. The normalized spacial score (nSPS) is 11.6. The third kappa shape index (κ3) is 5.38. The number of ether oxygens (including phenoxy) is 1. The summed E-state index contributed by atoms with van der Waals surface area (Å²) in [4.78, 5) is 35.2. The van der Waals surface area contributed by atoms with Gasteiger partial charge >= 0.3 is 5.97 Å². The summed E-state index contributed by atoms with van der Waals surface area (Å²) in [5.74, 6) is -1.01. The Morgan fingerprint density at radius 3 is 1.89 bits per heavy atom. The van der Waals surface area contributed by atoms with E-state index in [-0.39, 0.29) is 0 Å². The van der Waals surface area contributed by atoms with E-state index in [0.29, 0.717) is 22.3 Å². The van der Waals surface area contributed by atoms with Gasteiger partial charge in [-0.2, -0.15) is 0 Å². The lowest BCUT2D eigenvalue weighted by Crippen LogP contribution is -2.30. The molecular formula is C31H25N3O3. The molecule has 1 heterocycles. The molecule has 6 heteroatoms. The van der Waals surface area contributed by atoms with Gasteiger partial charge in [0.15, 0.2) is 6.10 Å². The third-order valence-corrected chi connectivity index (χ3v) is 5.97. The summed E-state index contributed by atoms with van der Waals surface area (Å²) in [6, 6.07) is 32.1. The van der Waals surface area contributed by atoms with Crippen molar-refractivity contribution < 1.29 is 14.3 Å². The van der Waals surface area contributed by atoms with E-state index in [0.717, 1.165) is 28.1 Å². The van der Waals surface area contributed by atoms with Crippen LogP contribution in [0.3, 0.4) is 0 Å². The van der Waals surface area contributed by atoms with Crippen LogP contribution >= 0.6 is 0 Å². The van der Waals surface area contributed by atoms with Crippen LogP contribution < -0.4 is 5.32 Å². The van der Waals surface area contributed by atoms with Crippen LogP contribution in [-0.4, -0.2) is 27.9 Å². The molecule has 182 valence electrons. The molecule has 1 unspecified atom stereocenters. The number of fused-ring (bicyclic) bond motifs is 1. The first-order valence-corrected chi connectivity index (χ1v) is 12.0. The lowest BCUT2D eigenvalue weighted by atomic mass is 10.0. The van der Waals surface area contributed by atoms with Gasteiger partial charge in [-0.15, -0.1) is 0 Å². The smallest absolute Gasteiger partial charge is 0.338 e. The molecule has 0 radical (unpaired) electrons. The first-order chi connectivity index (χ1) is 18.0. The van der Waals surface area contributed by atoms with Gasteiger partial charge in [0, 0.05) is 16.8 Å². The van der Waals surface area contributed by atoms with Crippen molar-refractivity contribution in [3.63, 3.8) is 0 Å². The van der Waals surface area contributed by atoms with Crippen molar-refractivity contribution in [1.82, 2.24) is 9.97 Å². The van der Waals surface area contributed by atoms with Crippen LogP contribution in [0.4, 0.5) is 5.69 Å². The Morgan fingerprint density at radius 1 is 0.730 bits per heavy atom. The van der Waals surface area contributed by atoms with Gasteiger partial charge in [0.1, 0.15) is 0 Å². The number of carbonyl (C=O) groups is 2. The summed E-state index contributed by atoms with van der Waals surface area (Å²) in [5, 5.41) is 2.76. The molecule has 5 aromatic rings. The van der Waals surface area contributed by atoms with E-state index in [4.69, 9.17) is 14.7 Å². The number of anilines is 1. The van der Waals surface area contributed by atoms with Crippen LogP contribution in [0.2, 0.25) is 0 Å². The lowest BCUT2D eigenvalue weighted by Gasteiger charge is -2.14. The predicted octanol–water partition coefficient (Wildman–Crippen LogP) is 6.46. The first-order valence-electron chi connectivity index (χ1n) is 12.0. The Kier molecular flexibility index (Phi) is 6.72. The minimum absolute atomic E-state index is 0.295. The average molecular weight is 488 g/mol. The topological polar surface area (TPSA) is 81.2 Å². The van der Waals surface area contributed by atoms with Gasteiger partial charge in [-0.3, -0.25) is 4.79 Å². The highest BCUT2D eigenvalue weighted by atomic mass is 16.5. The van der Waals surface area contributed by atoms with Crippen molar-refractivity contribution in [2.24, 2.45) is 0 Å². The molecule has 0 aliphatic heterocycles. The van der Waals surface area contributed by atoms with E-state index in [1.165, 1.54) is 0 Å². The molecule has 0 saturated carbocycles. The minimum Gasteiger partial charge on any atom is -0.449 e.